The van der Waals surface area contributed by atoms with Crippen molar-refractivity contribution in [3.8, 4) is 5.69 Å². The minimum Gasteiger partial charge on any atom is -0.379 e. The second-order valence-electron chi connectivity index (χ2n) is 5.52. The van der Waals surface area contributed by atoms with Crippen LogP contribution in [0.25, 0.3) is 5.69 Å². The maximum absolute atomic E-state index is 13.3. The van der Waals surface area contributed by atoms with Gasteiger partial charge in [-0.1, -0.05) is 13.0 Å². The predicted molar refractivity (Wildman–Crippen MR) is 79.4 cm³/mol. The van der Waals surface area contributed by atoms with Crippen molar-refractivity contribution in [2.45, 2.75) is 25.3 Å². The van der Waals surface area contributed by atoms with E-state index in [0.29, 0.717) is 24.6 Å². The molecular formula is C16H18FN3O2. The SMILES string of the molecule is CCC1(NC(=O)c2ccn(-c3cccc(F)c3)n2)CCOC1. The summed E-state index contributed by atoms with van der Waals surface area (Å²) < 4.78 is 20.1. The zero-order valence-electron chi connectivity index (χ0n) is 12.4. The van der Waals surface area contributed by atoms with E-state index in [0.717, 1.165) is 12.8 Å². The normalized spacial score (nSPS) is 21.0. The van der Waals surface area contributed by atoms with E-state index in [1.54, 1.807) is 24.4 Å². The van der Waals surface area contributed by atoms with E-state index >= 15 is 0 Å². The molecule has 6 heteroatoms. The molecule has 1 fully saturated rings. The van der Waals surface area contributed by atoms with Crippen molar-refractivity contribution >= 4 is 5.91 Å². The number of carbonyl (C=O) groups is 1. The summed E-state index contributed by atoms with van der Waals surface area (Å²) in [5, 5.41) is 7.25. The number of amides is 1. The first-order valence-electron chi connectivity index (χ1n) is 7.34. The Morgan fingerprint density at radius 2 is 2.36 bits per heavy atom. The van der Waals surface area contributed by atoms with Gasteiger partial charge in [0.05, 0.1) is 17.8 Å². The molecule has 1 aromatic carbocycles. The van der Waals surface area contributed by atoms with Gasteiger partial charge in [-0.3, -0.25) is 4.79 Å². The Labute approximate surface area is 128 Å². The number of hydrogen-bond acceptors (Lipinski definition) is 3. The Hall–Kier alpha value is -2.21. The van der Waals surface area contributed by atoms with Crippen LogP contribution < -0.4 is 5.32 Å². The summed E-state index contributed by atoms with van der Waals surface area (Å²) >= 11 is 0. The number of benzene rings is 1. The van der Waals surface area contributed by atoms with Crippen LogP contribution in [-0.4, -0.2) is 34.4 Å². The highest BCUT2D eigenvalue weighted by atomic mass is 19.1. The highest BCUT2D eigenvalue weighted by Crippen LogP contribution is 2.22. The van der Waals surface area contributed by atoms with Crippen molar-refractivity contribution in [3.63, 3.8) is 0 Å². The van der Waals surface area contributed by atoms with E-state index in [1.807, 2.05) is 6.92 Å². The van der Waals surface area contributed by atoms with Crippen LogP contribution in [0.1, 0.15) is 30.3 Å². The lowest BCUT2D eigenvalue weighted by Gasteiger charge is -2.26. The molecule has 1 unspecified atom stereocenters. The molecule has 1 aromatic heterocycles. The number of nitrogens with one attached hydrogen (secondary N) is 1. The standard InChI is InChI=1S/C16H18FN3O2/c1-2-16(7-9-22-11-16)18-15(21)14-6-8-20(19-14)13-5-3-4-12(17)10-13/h3-6,8,10H,2,7,9,11H2,1H3,(H,18,21). The zero-order chi connectivity index (χ0) is 15.6. The first-order chi connectivity index (χ1) is 10.6. The molecule has 1 aliphatic heterocycles. The molecule has 1 saturated heterocycles. The van der Waals surface area contributed by atoms with Crippen LogP contribution in [0.2, 0.25) is 0 Å². The molecule has 0 saturated carbocycles. The quantitative estimate of drug-likeness (QED) is 0.943. The van der Waals surface area contributed by atoms with Crippen LogP contribution in [0.15, 0.2) is 36.5 Å². The van der Waals surface area contributed by atoms with Gasteiger partial charge in [-0.25, -0.2) is 9.07 Å². The van der Waals surface area contributed by atoms with E-state index in [1.165, 1.54) is 16.8 Å². The number of ether oxygens (including phenoxy) is 1. The highest BCUT2D eigenvalue weighted by Gasteiger charge is 2.35. The van der Waals surface area contributed by atoms with Crippen LogP contribution in [0.4, 0.5) is 4.39 Å². The maximum atomic E-state index is 13.3. The summed E-state index contributed by atoms with van der Waals surface area (Å²) in [6.45, 7) is 3.21. The fraction of sp³-hybridized carbons (Fsp3) is 0.375. The maximum Gasteiger partial charge on any atom is 0.272 e. The van der Waals surface area contributed by atoms with Crippen molar-refractivity contribution in [2.75, 3.05) is 13.2 Å². The summed E-state index contributed by atoms with van der Waals surface area (Å²) in [7, 11) is 0. The molecule has 1 amide bonds. The van der Waals surface area contributed by atoms with Crippen molar-refractivity contribution in [1.29, 1.82) is 0 Å². The second-order valence-corrected chi connectivity index (χ2v) is 5.52. The summed E-state index contributed by atoms with van der Waals surface area (Å²) in [5.41, 5.74) is 0.581. The molecule has 0 aliphatic carbocycles. The smallest absolute Gasteiger partial charge is 0.272 e. The fourth-order valence-corrected chi connectivity index (χ4v) is 2.59. The molecule has 1 aliphatic rings. The third-order valence-electron chi connectivity index (χ3n) is 4.05. The third-order valence-corrected chi connectivity index (χ3v) is 4.05. The van der Waals surface area contributed by atoms with E-state index in [4.69, 9.17) is 4.74 Å². The summed E-state index contributed by atoms with van der Waals surface area (Å²) in [5.74, 6) is -0.574. The van der Waals surface area contributed by atoms with Crippen LogP contribution in [0.5, 0.6) is 0 Å². The Bertz CT molecular complexity index is 678. The summed E-state index contributed by atoms with van der Waals surface area (Å²) in [4.78, 5) is 12.4. The van der Waals surface area contributed by atoms with Crippen molar-refractivity contribution in [2.24, 2.45) is 0 Å². The zero-order valence-corrected chi connectivity index (χ0v) is 12.4. The molecule has 1 atom stereocenters. The third kappa shape index (κ3) is 2.87. The van der Waals surface area contributed by atoms with Crippen molar-refractivity contribution in [1.82, 2.24) is 15.1 Å². The number of rotatable bonds is 4. The van der Waals surface area contributed by atoms with Gasteiger partial charge >= 0.3 is 0 Å². The minimum atomic E-state index is -0.341. The number of aromatic nitrogens is 2. The molecular weight excluding hydrogens is 285 g/mol. The van der Waals surface area contributed by atoms with Crippen LogP contribution in [-0.2, 0) is 4.74 Å². The van der Waals surface area contributed by atoms with Crippen LogP contribution in [0, 0.1) is 5.82 Å². The number of carbonyl (C=O) groups excluding carboxylic acids is 1. The largest absolute Gasteiger partial charge is 0.379 e. The van der Waals surface area contributed by atoms with E-state index < -0.39 is 0 Å². The van der Waals surface area contributed by atoms with Gasteiger partial charge in [-0.15, -0.1) is 0 Å². The van der Waals surface area contributed by atoms with Gasteiger partial charge in [-0.2, -0.15) is 5.10 Å². The molecule has 0 bridgehead atoms. The van der Waals surface area contributed by atoms with Gasteiger partial charge in [0.2, 0.25) is 0 Å². The topological polar surface area (TPSA) is 56.2 Å². The number of hydrogen-bond donors (Lipinski definition) is 1. The van der Waals surface area contributed by atoms with Gasteiger partial charge in [-0.05, 0) is 37.1 Å². The Kier molecular flexibility index (Phi) is 3.94. The van der Waals surface area contributed by atoms with Gasteiger partial charge in [0.1, 0.15) is 5.82 Å². The molecule has 2 aromatic rings. The number of nitrogens with zero attached hydrogens (tertiary/aromatic N) is 2. The molecule has 5 nitrogen and oxygen atoms in total. The first-order valence-corrected chi connectivity index (χ1v) is 7.34. The summed E-state index contributed by atoms with van der Waals surface area (Å²) in [6.07, 6.45) is 3.26. The van der Waals surface area contributed by atoms with Gasteiger partial charge < -0.3 is 10.1 Å². The molecule has 3 rings (SSSR count). The Balaban J connectivity index is 1.77. The van der Waals surface area contributed by atoms with Gasteiger partial charge in [0, 0.05) is 12.8 Å². The lowest BCUT2D eigenvalue weighted by molar-refractivity contribution is 0.0869. The molecule has 2 heterocycles. The molecule has 0 radical (unpaired) electrons. The van der Waals surface area contributed by atoms with Crippen molar-refractivity contribution in [3.05, 3.63) is 48.0 Å². The van der Waals surface area contributed by atoms with Crippen LogP contribution >= 0.6 is 0 Å². The summed E-state index contributed by atoms with van der Waals surface area (Å²) in [6, 6.07) is 7.70. The molecule has 1 N–H and O–H groups in total. The Morgan fingerprint density at radius 1 is 1.50 bits per heavy atom. The second kappa shape index (κ2) is 5.88. The van der Waals surface area contributed by atoms with E-state index in [-0.39, 0.29) is 17.3 Å². The molecule has 22 heavy (non-hydrogen) atoms. The van der Waals surface area contributed by atoms with Crippen molar-refractivity contribution < 1.29 is 13.9 Å². The first kappa shape index (κ1) is 14.7. The fourth-order valence-electron chi connectivity index (χ4n) is 2.59. The van der Waals surface area contributed by atoms with Gasteiger partial charge in [0.25, 0.3) is 5.91 Å². The van der Waals surface area contributed by atoms with Gasteiger partial charge in [0.15, 0.2) is 5.69 Å². The molecule has 116 valence electrons. The lowest BCUT2D eigenvalue weighted by Crippen LogP contribution is -2.48. The average molecular weight is 303 g/mol. The highest BCUT2D eigenvalue weighted by molar-refractivity contribution is 5.92. The van der Waals surface area contributed by atoms with E-state index in [9.17, 15) is 9.18 Å². The predicted octanol–water partition coefficient (Wildman–Crippen LogP) is 2.31. The molecule has 0 spiro atoms. The Morgan fingerprint density at radius 3 is 3.05 bits per heavy atom. The minimum absolute atomic E-state index is 0.234. The van der Waals surface area contributed by atoms with Crippen LogP contribution in [0.3, 0.4) is 0 Å². The number of halogens is 1. The average Bonchev–Trinajstić information content (AvgIpc) is 3.17. The lowest BCUT2D eigenvalue weighted by atomic mass is 9.95. The monoisotopic (exact) mass is 303 g/mol. The van der Waals surface area contributed by atoms with E-state index in [2.05, 4.69) is 10.4 Å².